The maximum Gasteiger partial charge on any atom is 0.266 e. The Hall–Kier alpha value is -2.83. The molecule has 0 aliphatic carbocycles. The highest BCUT2D eigenvalue weighted by Gasteiger charge is 2.27. The fourth-order valence-electron chi connectivity index (χ4n) is 2.38. The van der Waals surface area contributed by atoms with Gasteiger partial charge in [0.05, 0.1) is 12.2 Å². The minimum absolute atomic E-state index is 0.108. The van der Waals surface area contributed by atoms with Gasteiger partial charge in [0.25, 0.3) is 11.8 Å². The third-order valence-corrected chi connectivity index (χ3v) is 3.46. The first-order valence-electron chi connectivity index (χ1n) is 7.27. The number of hydrogen-bond acceptors (Lipinski definition) is 5. The zero-order chi connectivity index (χ0) is 16.4. The van der Waals surface area contributed by atoms with Crippen LogP contribution in [-0.4, -0.2) is 40.9 Å². The van der Waals surface area contributed by atoms with Gasteiger partial charge in [0.15, 0.2) is 11.5 Å². The van der Waals surface area contributed by atoms with Crippen LogP contribution in [0.3, 0.4) is 0 Å². The van der Waals surface area contributed by atoms with Gasteiger partial charge in [-0.15, -0.1) is 0 Å². The van der Waals surface area contributed by atoms with Crippen LogP contribution in [-0.2, 0) is 4.79 Å². The van der Waals surface area contributed by atoms with Crippen molar-refractivity contribution in [2.75, 3.05) is 13.2 Å². The van der Waals surface area contributed by atoms with E-state index in [9.17, 15) is 9.59 Å². The molecule has 3 rings (SSSR count). The summed E-state index contributed by atoms with van der Waals surface area (Å²) in [6, 6.07) is 8.94. The maximum atomic E-state index is 12.1. The molecular weight excluding hydrogens is 298 g/mol. The molecule has 1 aromatic carbocycles. The Kier molecular flexibility index (Phi) is 4.01. The SMILES string of the molecule is Cc1cc(C)n(C(=O)CNC(=O)[C@@H]2COc3ccccc3O2)n1. The molecule has 1 aliphatic rings. The van der Waals surface area contributed by atoms with E-state index in [1.807, 2.05) is 6.07 Å². The first kappa shape index (κ1) is 15.1. The number of carbonyl (C=O) groups is 2. The molecule has 0 spiro atoms. The largest absolute Gasteiger partial charge is 0.485 e. The number of amides is 1. The van der Waals surface area contributed by atoms with E-state index in [2.05, 4.69) is 10.4 Å². The van der Waals surface area contributed by atoms with Crippen LogP contribution < -0.4 is 14.8 Å². The van der Waals surface area contributed by atoms with E-state index in [0.717, 1.165) is 11.4 Å². The predicted octanol–water partition coefficient (Wildman–Crippen LogP) is 1.10. The lowest BCUT2D eigenvalue weighted by molar-refractivity contribution is -0.130. The van der Waals surface area contributed by atoms with E-state index < -0.39 is 12.0 Å². The first-order valence-corrected chi connectivity index (χ1v) is 7.27. The fourth-order valence-corrected chi connectivity index (χ4v) is 2.38. The Morgan fingerprint density at radius 3 is 2.74 bits per heavy atom. The number of nitrogens with zero attached hydrogens (tertiary/aromatic N) is 2. The Morgan fingerprint density at radius 2 is 2.04 bits per heavy atom. The van der Waals surface area contributed by atoms with Crippen LogP contribution in [0.25, 0.3) is 0 Å². The molecule has 2 heterocycles. The van der Waals surface area contributed by atoms with E-state index in [0.29, 0.717) is 11.5 Å². The van der Waals surface area contributed by atoms with Crippen LogP contribution >= 0.6 is 0 Å². The lowest BCUT2D eigenvalue weighted by Crippen LogP contribution is -2.46. The van der Waals surface area contributed by atoms with Gasteiger partial charge in [-0.25, -0.2) is 4.68 Å². The number of aromatic nitrogens is 2. The van der Waals surface area contributed by atoms with Gasteiger partial charge in [-0.1, -0.05) is 12.1 Å². The molecule has 1 amide bonds. The summed E-state index contributed by atoms with van der Waals surface area (Å²) in [6.45, 7) is 3.55. The van der Waals surface area contributed by atoms with Crippen molar-refractivity contribution >= 4 is 11.8 Å². The number of nitrogens with one attached hydrogen (secondary N) is 1. The van der Waals surface area contributed by atoms with E-state index in [-0.39, 0.29) is 19.1 Å². The van der Waals surface area contributed by atoms with Crippen LogP contribution in [0.2, 0.25) is 0 Å². The van der Waals surface area contributed by atoms with Crippen molar-refractivity contribution in [1.82, 2.24) is 15.1 Å². The Morgan fingerprint density at radius 1 is 1.30 bits per heavy atom. The zero-order valence-electron chi connectivity index (χ0n) is 12.9. The van der Waals surface area contributed by atoms with Crippen LogP contribution in [0.15, 0.2) is 30.3 Å². The number of carbonyl (C=O) groups excluding carboxylic acids is 2. The van der Waals surface area contributed by atoms with Gasteiger partial charge >= 0.3 is 0 Å². The number of para-hydroxylation sites is 2. The highest BCUT2D eigenvalue weighted by molar-refractivity contribution is 5.88. The van der Waals surface area contributed by atoms with E-state index in [1.165, 1.54) is 4.68 Å². The lowest BCUT2D eigenvalue weighted by atomic mass is 10.2. The number of rotatable bonds is 3. The van der Waals surface area contributed by atoms with Gasteiger partial charge < -0.3 is 14.8 Å². The highest BCUT2D eigenvalue weighted by atomic mass is 16.6. The van der Waals surface area contributed by atoms with Gasteiger partial charge in [-0.3, -0.25) is 9.59 Å². The van der Waals surface area contributed by atoms with Gasteiger partial charge in [0.1, 0.15) is 6.61 Å². The summed E-state index contributed by atoms with van der Waals surface area (Å²) in [7, 11) is 0. The lowest BCUT2D eigenvalue weighted by Gasteiger charge is -2.25. The molecule has 1 aromatic heterocycles. The van der Waals surface area contributed by atoms with Crippen LogP contribution in [0, 0.1) is 13.8 Å². The normalized spacial score (nSPS) is 16.0. The van der Waals surface area contributed by atoms with Crippen LogP contribution in [0.1, 0.15) is 16.2 Å². The summed E-state index contributed by atoms with van der Waals surface area (Å²) in [5.41, 5.74) is 1.48. The number of aryl methyl sites for hydroxylation is 2. The summed E-state index contributed by atoms with van der Waals surface area (Å²) in [6.07, 6.45) is -0.779. The minimum Gasteiger partial charge on any atom is -0.485 e. The molecule has 0 bridgehead atoms. The van der Waals surface area contributed by atoms with Gasteiger partial charge in [0.2, 0.25) is 6.10 Å². The molecule has 2 aromatic rings. The smallest absolute Gasteiger partial charge is 0.266 e. The average Bonchev–Trinajstić information content (AvgIpc) is 2.90. The number of fused-ring (bicyclic) bond motifs is 1. The number of benzene rings is 1. The van der Waals surface area contributed by atoms with Crippen molar-refractivity contribution in [2.45, 2.75) is 20.0 Å². The standard InChI is InChI=1S/C16H17N3O4/c1-10-7-11(2)19(18-10)15(20)8-17-16(21)14-9-22-12-5-3-4-6-13(12)23-14/h3-7,14H,8-9H2,1-2H3,(H,17,21)/t14-/m0/s1. The summed E-state index contributed by atoms with van der Waals surface area (Å²) in [5, 5.41) is 6.65. The maximum absolute atomic E-state index is 12.1. The Labute approximate surface area is 133 Å². The van der Waals surface area contributed by atoms with E-state index in [4.69, 9.17) is 9.47 Å². The van der Waals surface area contributed by atoms with Crippen molar-refractivity contribution in [3.8, 4) is 11.5 Å². The average molecular weight is 315 g/mol. The second kappa shape index (κ2) is 6.12. The molecule has 7 heteroatoms. The van der Waals surface area contributed by atoms with Crippen LogP contribution in [0.4, 0.5) is 0 Å². The Bertz CT molecular complexity index is 754. The molecule has 23 heavy (non-hydrogen) atoms. The summed E-state index contributed by atoms with van der Waals surface area (Å²) >= 11 is 0. The quantitative estimate of drug-likeness (QED) is 0.917. The molecule has 0 unspecified atom stereocenters. The van der Waals surface area contributed by atoms with Crippen molar-refractivity contribution < 1.29 is 19.1 Å². The third-order valence-electron chi connectivity index (χ3n) is 3.46. The molecule has 1 N–H and O–H groups in total. The number of ether oxygens (including phenoxy) is 2. The molecule has 0 saturated heterocycles. The molecule has 0 fully saturated rings. The summed E-state index contributed by atoms with van der Waals surface area (Å²) < 4.78 is 12.4. The predicted molar refractivity (Wildman–Crippen MR) is 81.7 cm³/mol. The van der Waals surface area contributed by atoms with Crippen LogP contribution in [0.5, 0.6) is 11.5 Å². The van der Waals surface area contributed by atoms with Gasteiger partial charge in [-0.05, 0) is 32.0 Å². The molecule has 7 nitrogen and oxygen atoms in total. The molecular formula is C16H17N3O4. The highest BCUT2D eigenvalue weighted by Crippen LogP contribution is 2.30. The summed E-state index contributed by atoms with van der Waals surface area (Å²) in [5.74, 6) is 0.425. The van der Waals surface area contributed by atoms with Crippen molar-refractivity contribution in [3.05, 3.63) is 41.7 Å². The molecule has 1 atom stereocenters. The summed E-state index contributed by atoms with van der Waals surface area (Å²) in [4.78, 5) is 24.2. The van der Waals surface area contributed by atoms with Crippen molar-refractivity contribution in [3.63, 3.8) is 0 Å². The number of hydrogen-bond donors (Lipinski definition) is 1. The van der Waals surface area contributed by atoms with E-state index >= 15 is 0 Å². The molecule has 1 aliphatic heterocycles. The van der Waals surface area contributed by atoms with Crippen molar-refractivity contribution in [1.29, 1.82) is 0 Å². The topological polar surface area (TPSA) is 82.5 Å². The fraction of sp³-hybridized carbons (Fsp3) is 0.312. The second-order valence-corrected chi connectivity index (χ2v) is 5.31. The van der Waals surface area contributed by atoms with Gasteiger partial charge in [-0.2, -0.15) is 5.10 Å². The molecule has 0 saturated carbocycles. The second-order valence-electron chi connectivity index (χ2n) is 5.31. The zero-order valence-corrected chi connectivity index (χ0v) is 12.9. The van der Waals surface area contributed by atoms with E-state index in [1.54, 1.807) is 38.1 Å². The molecule has 120 valence electrons. The first-order chi connectivity index (χ1) is 11.0. The third kappa shape index (κ3) is 3.18. The Balaban J connectivity index is 1.58. The van der Waals surface area contributed by atoms with Gasteiger partial charge in [0, 0.05) is 5.69 Å². The monoisotopic (exact) mass is 315 g/mol. The van der Waals surface area contributed by atoms with Crippen molar-refractivity contribution in [2.24, 2.45) is 0 Å². The minimum atomic E-state index is -0.779. The molecule has 0 radical (unpaired) electrons.